The molecule has 1 atom stereocenters. The largest absolute Gasteiger partial charge is 0.461 e. The Kier molecular flexibility index (Phi) is 2.64. The Labute approximate surface area is 108 Å². The highest BCUT2D eigenvalue weighted by molar-refractivity contribution is 8.13. The molecule has 18 heavy (non-hydrogen) atoms. The van der Waals surface area contributed by atoms with Crippen LogP contribution in [-0.2, 0) is 7.05 Å². The summed E-state index contributed by atoms with van der Waals surface area (Å²) in [5.74, 6) is 2.21. The first-order chi connectivity index (χ1) is 8.70. The zero-order valence-electron chi connectivity index (χ0n) is 10.0. The van der Waals surface area contributed by atoms with Gasteiger partial charge in [-0.05, 0) is 18.4 Å². The molecule has 3 N–H and O–H groups in total. The zero-order valence-corrected chi connectivity index (χ0v) is 10.9. The van der Waals surface area contributed by atoms with Crippen LogP contribution in [0.25, 0.3) is 11.6 Å². The number of thioether (sulfide) groups is 1. The second kappa shape index (κ2) is 4.18. The number of rotatable bonds is 1. The van der Waals surface area contributed by atoms with Crippen LogP contribution in [0.2, 0.25) is 0 Å². The van der Waals surface area contributed by atoms with Gasteiger partial charge >= 0.3 is 0 Å². The van der Waals surface area contributed by atoms with E-state index in [-0.39, 0.29) is 6.17 Å². The van der Waals surface area contributed by atoms with Crippen LogP contribution in [0.5, 0.6) is 0 Å². The summed E-state index contributed by atoms with van der Waals surface area (Å²) < 4.78 is 7.26. The molecule has 94 valence electrons. The first-order valence-electron chi connectivity index (χ1n) is 5.46. The molecule has 3 rings (SSSR count). The Morgan fingerprint density at radius 1 is 1.56 bits per heavy atom. The van der Waals surface area contributed by atoms with E-state index in [9.17, 15) is 0 Å². The van der Waals surface area contributed by atoms with Gasteiger partial charge in [0.1, 0.15) is 11.9 Å². The van der Waals surface area contributed by atoms with Crippen molar-refractivity contribution in [1.29, 1.82) is 0 Å². The monoisotopic (exact) mass is 263 g/mol. The lowest BCUT2D eigenvalue weighted by atomic mass is 10.3. The predicted molar refractivity (Wildman–Crippen MR) is 71.6 cm³/mol. The Balaban J connectivity index is 2.16. The number of furan rings is 1. The molecule has 0 bridgehead atoms. The van der Waals surface area contributed by atoms with E-state index < -0.39 is 0 Å². The molecular weight excluding hydrogens is 250 g/mol. The van der Waals surface area contributed by atoms with Crippen molar-refractivity contribution in [3.63, 3.8) is 0 Å². The van der Waals surface area contributed by atoms with Crippen LogP contribution in [0.3, 0.4) is 0 Å². The number of nitrogens with zero attached hydrogens (tertiary/aromatic N) is 3. The number of aliphatic imine (C=N–C) groups is 1. The summed E-state index contributed by atoms with van der Waals surface area (Å²) in [6.07, 6.45) is 3.24. The van der Waals surface area contributed by atoms with Gasteiger partial charge in [-0.1, -0.05) is 11.8 Å². The molecular formula is C11H13N5OS. The fraction of sp³-hybridized carbons (Fsp3) is 0.273. The van der Waals surface area contributed by atoms with E-state index in [2.05, 4.69) is 15.3 Å². The maximum absolute atomic E-state index is 6.04. The Morgan fingerprint density at radius 2 is 2.39 bits per heavy atom. The average Bonchev–Trinajstić information content (AvgIpc) is 2.98. The number of hydrogen-bond donors (Lipinski definition) is 2. The summed E-state index contributed by atoms with van der Waals surface area (Å²) in [4.78, 5) is 9.00. The maximum Gasteiger partial charge on any atom is 0.177 e. The first-order valence-corrected chi connectivity index (χ1v) is 6.68. The van der Waals surface area contributed by atoms with Crippen molar-refractivity contribution >= 4 is 22.7 Å². The van der Waals surface area contributed by atoms with Crippen LogP contribution in [0.15, 0.2) is 27.8 Å². The lowest BCUT2D eigenvalue weighted by Crippen LogP contribution is -2.35. The van der Waals surface area contributed by atoms with E-state index in [1.165, 1.54) is 11.8 Å². The van der Waals surface area contributed by atoms with Gasteiger partial charge in [0.2, 0.25) is 0 Å². The molecule has 0 fully saturated rings. The van der Waals surface area contributed by atoms with Gasteiger partial charge in [-0.15, -0.1) is 0 Å². The van der Waals surface area contributed by atoms with Crippen LogP contribution in [-0.4, -0.2) is 21.0 Å². The van der Waals surface area contributed by atoms with Gasteiger partial charge in [0, 0.05) is 7.05 Å². The van der Waals surface area contributed by atoms with Gasteiger partial charge in [0.25, 0.3) is 0 Å². The third-order valence-electron chi connectivity index (χ3n) is 2.81. The van der Waals surface area contributed by atoms with Gasteiger partial charge in [0.15, 0.2) is 22.6 Å². The minimum absolute atomic E-state index is 0.338. The van der Waals surface area contributed by atoms with Crippen LogP contribution >= 0.6 is 11.8 Å². The number of fused-ring (bicyclic) bond motifs is 1. The Hall–Kier alpha value is -1.73. The minimum Gasteiger partial charge on any atom is -0.461 e. The molecule has 0 aliphatic carbocycles. The molecule has 1 aliphatic heterocycles. The summed E-state index contributed by atoms with van der Waals surface area (Å²) in [6.45, 7) is 0. The summed E-state index contributed by atoms with van der Waals surface area (Å²) in [7, 11) is 1.91. The highest BCUT2D eigenvalue weighted by Gasteiger charge is 2.26. The van der Waals surface area contributed by atoms with Crippen LogP contribution in [0.4, 0.5) is 5.82 Å². The lowest BCUT2D eigenvalue weighted by Gasteiger charge is -2.19. The smallest absolute Gasteiger partial charge is 0.177 e. The van der Waals surface area contributed by atoms with Crippen molar-refractivity contribution in [1.82, 2.24) is 14.9 Å². The maximum atomic E-state index is 6.04. The molecule has 2 aromatic heterocycles. The number of imidazole rings is 1. The fourth-order valence-electron chi connectivity index (χ4n) is 1.91. The molecule has 0 radical (unpaired) electrons. The van der Waals surface area contributed by atoms with Crippen LogP contribution < -0.4 is 11.1 Å². The van der Waals surface area contributed by atoms with Crippen molar-refractivity contribution in [3.8, 4) is 11.6 Å². The number of hydrogen-bond acceptors (Lipinski definition) is 6. The molecule has 3 heterocycles. The van der Waals surface area contributed by atoms with E-state index >= 15 is 0 Å². The third-order valence-corrected chi connectivity index (χ3v) is 3.40. The highest BCUT2D eigenvalue weighted by atomic mass is 32.2. The molecule has 0 saturated heterocycles. The number of nitrogens with one attached hydrogen (secondary N) is 1. The first kappa shape index (κ1) is 11.4. The van der Waals surface area contributed by atoms with Crippen LogP contribution in [0, 0.1) is 0 Å². The van der Waals surface area contributed by atoms with Crippen molar-refractivity contribution in [3.05, 3.63) is 24.1 Å². The van der Waals surface area contributed by atoms with Crippen molar-refractivity contribution in [2.24, 2.45) is 17.8 Å². The lowest BCUT2D eigenvalue weighted by molar-refractivity contribution is 0.574. The van der Waals surface area contributed by atoms with Gasteiger partial charge in [-0.3, -0.25) is 0 Å². The summed E-state index contributed by atoms with van der Waals surface area (Å²) in [5, 5.41) is 3.89. The quantitative estimate of drug-likeness (QED) is 0.816. The average molecular weight is 263 g/mol. The van der Waals surface area contributed by atoms with E-state index in [1.54, 1.807) is 6.26 Å². The molecule has 0 saturated carbocycles. The van der Waals surface area contributed by atoms with Crippen molar-refractivity contribution in [2.75, 3.05) is 6.26 Å². The van der Waals surface area contributed by atoms with E-state index in [4.69, 9.17) is 10.2 Å². The molecule has 0 aromatic carbocycles. The highest BCUT2D eigenvalue weighted by Crippen LogP contribution is 2.32. The summed E-state index contributed by atoms with van der Waals surface area (Å²) in [5.41, 5.74) is 6.77. The number of amidine groups is 1. The van der Waals surface area contributed by atoms with Gasteiger partial charge < -0.3 is 20.0 Å². The molecule has 1 aliphatic rings. The predicted octanol–water partition coefficient (Wildman–Crippen LogP) is 1.59. The Bertz CT molecular complexity index is 601. The molecule has 6 nitrogen and oxygen atoms in total. The van der Waals surface area contributed by atoms with E-state index in [1.807, 2.05) is 30.0 Å². The van der Waals surface area contributed by atoms with Crippen LogP contribution in [0.1, 0.15) is 11.9 Å². The Morgan fingerprint density at radius 3 is 3.06 bits per heavy atom. The molecule has 1 unspecified atom stereocenters. The molecule has 7 heteroatoms. The van der Waals surface area contributed by atoms with E-state index in [0.717, 1.165) is 22.5 Å². The topological polar surface area (TPSA) is 81.4 Å². The second-order valence-corrected chi connectivity index (χ2v) is 4.72. The van der Waals surface area contributed by atoms with E-state index in [0.29, 0.717) is 5.76 Å². The third kappa shape index (κ3) is 1.63. The SMILES string of the molecule is CSC1=Nc2c(nc(-c3ccco3)n2C)C(N)N1. The number of aromatic nitrogens is 2. The van der Waals surface area contributed by atoms with Gasteiger partial charge in [-0.25, -0.2) is 9.98 Å². The number of nitrogens with two attached hydrogens (primary N) is 1. The molecule has 0 spiro atoms. The molecule has 0 amide bonds. The second-order valence-electron chi connectivity index (χ2n) is 3.92. The summed E-state index contributed by atoms with van der Waals surface area (Å²) in [6, 6.07) is 3.70. The normalized spacial score (nSPS) is 18.2. The van der Waals surface area contributed by atoms with Gasteiger partial charge in [0.05, 0.1) is 6.26 Å². The molecule has 2 aromatic rings. The summed E-state index contributed by atoms with van der Waals surface area (Å²) >= 11 is 1.52. The fourth-order valence-corrected chi connectivity index (χ4v) is 2.34. The zero-order chi connectivity index (χ0) is 12.7. The standard InChI is InChI=1S/C11H13N5OS/c1-16-9(6-4-3-5-17-6)13-7-8(12)14-11(18-2)15-10(7)16/h3-5,8H,12H2,1-2H3,(H,14,15). The van der Waals surface area contributed by atoms with Crippen molar-refractivity contribution in [2.45, 2.75) is 6.17 Å². The van der Waals surface area contributed by atoms with Crippen molar-refractivity contribution < 1.29 is 4.42 Å². The van der Waals surface area contributed by atoms with Gasteiger partial charge in [-0.2, -0.15) is 0 Å². The minimum atomic E-state index is -0.338.